The molecular weight excluding hydrogens is 268 g/mol. The standard InChI is InChI=1S/C17H22S2/c1-4-6-12-17(3,11-5-2)16-10-9-15(19-16)14-8-7-13-18-14/h4,6-10,13H,5,11-12H2,1-3H3/b6-4-. The summed E-state index contributed by atoms with van der Waals surface area (Å²) in [6.07, 6.45) is 8.10. The summed E-state index contributed by atoms with van der Waals surface area (Å²) in [5.41, 5.74) is 0.293. The lowest BCUT2D eigenvalue weighted by Gasteiger charge is -2.27. The van der Waals surface area contributed by atoms with Crippen molar-refractivity contribution in [1.82, 2.24) is 0 Å². The minimum atomic E-state index is 0.293. The highest BCUT2D eigenvalue weighted by Crippen LogP contribution is 2.41. The van der Waals surface area contributed by atoms with Crippen molar-refractivity contribution < 1.29 is 0 Å². The van der Waals surface area contributed by atoms with E-state index in [9.17, 15) is 0 Å². The summed E-state index contributed by atoms with van der Waals surface area (Å²) in [6, 6.07) is 8.96. The van der Waals surface area contributed by atoms with Crippen molar-refractivity contribution in [1.29, 1.82) is 0 Å². The molecule has 0 saturated heterocycles. The van der Waals surface area contributed by atoms with Gasteiger partial charge in [-0.1, -0.05) is 38.5 Å². The minimum absolute atomic E-state index is 0.293. The van der Waals surface area contributed by atoms with E-state index in [-0.39, 0.29) is 0 Å². The van der Waals surface area contributed by atoms with Gasteiger partial charge in [0.2, 0.25) is 0 Å². The van der Waals surface area contributed by atoms with Crippen LogP contribution in [0.25, 0.3) is 9.75 Å². The zero-order valence-electron chi connectivity index (χ0n) is 12.0. The highest BCUT2D eigenvalue weighted by Gasteiger charge is 2.26. The third-order valence-electron chi connectivity index (χ3n) is 3.57. The first-order valence-electron chi connectivity index (χ1n) is 6.95. The maximum absolute atomic E-state index is 2.40. The molecule has 0 aliphatic carbocycles. The molecule has 19 heavy (non-hydrogen) atoms. The second-order valence-corrected chi connectivity index (χ2v) is 7.26. The van der Waals surface area contributed by atoms with Crippen LogP contribution in [-0.2, 0) is 5.41 Å². The Hall–Kier alpha value is -0.860. The molecule has 0 nitrogen and oxygen atoms in total. The van der Waals surface area contributed by atoms with Crippen LogP contribution < -0.4 is 0 Å². The molecule has 0 saturated carbocycles. The summed E-state index contributed by atoms with van der Waals surface area (Å²) in [5.74, 6) is 0. The van der Waals surface area contributed by atoms with Crippen LogP contribution in [0.3, 0.4) is 0 Å². The smallest absolute Gasteiger partial charge is 0.0445 e. The van der Waals surface area contributed by atoms with Gasteiger partial charge in [0.25, 0.3) is 0 Å². The lowest BCUT2D eigenvalue weighted by molar-refractivity contribution is 0.441. The largest absolute Gasteiger partial charge is 0.143 e. The lowest BCUT2D eigenvalue weighted by atomic mass is 9.81. The summed E-state index contributed by atoms with van der Waals surface area (Å²) in [7, 11) is 0. The van der Waals surface area contributed by atoms with Crippen molar-refractivity contribution >= 4 is 22.7 Å². The Labute approximate surface area is 124 Å². The average Bonchev–Trinajstić information content (AvgIpc) is 3.06. The molecule has 0 fully saturated rings. The van der Waals surface area contributed by atoms with Crippen LogP contribution >= 0.6 is 22.7 Å². The van der Waals surface area contributed by atoms with Gasteiger partial charge >= 0.3 is 0 Å². The summed E-state index contributed by atoms with van der Waals surface area (Å²) in [6.45, 7) is 6.79. The second-order valence-electron chi connectivity index (χ2n) is 5.23. The topological polar surface area (TPSA) is 0 Å². The Bertz CT molecular complexity index is 519. The molecular formula is C17H22S2. The van der Waals surface area contributed by atoms with E-state index in [4.69, 9.17) is 0 Å². The van der Waals surface area contributed by atoms with Crippen molar-refractivity contribution in [3.63, 3.8) is 0 Å². The molecule has 1 atom stereocenters. The van der Waals surface area contributed by atoms with Gasteiger partial charge in [-0.15, -0.1) is 22.7 Å². The van der Waals surface area contributed by atoms with E-state index in [0.29, 0.717) is 5.41 Å². The van der Waals surface area contributed by atoms with Gasteiger partial charge in [-0.05, 0) is 43.3 Å². The van der Waals surface area contributed by atoms with E-state index in [2.05, 4.69) is 62.6 Å². The highest BCUT2D eigenvalue weighted by atomic mass is 32.1. The predicted octanol–water partition coefficient (Wildman–Crippen LogP) is 6.50. The van der Waals surface area contributed by atoms with Crippen LogP contribution in [0.2, 0.25) is 0 Å². The van der Waals surface area contributed by atoms with E-state index in [1.54, 1.807) is 0 Å². The van der Waals surface area contributed by atoms with Crippen molar-refractivity contribution in [3.05, 3.63) is 46.7 Å². The van der Waals surface area contributed by atoms with E-state index < -0.39 is 0 Å². The van der Waals surface area contributed by atoms with Crippen molar-refractivity contribution in [2.75, 3.05) is 0 Å². The Morgan fingerprint density at radius 1 is 1.21 bits per heavy atom. The number of hydrogen-bond donors (Lipinski definition) is 0. The third-order valence-corrected chi connectivity index (χ3v) is 6.03. The maximum atomic E-state index is 2.40. The molecule has 0 aliphatic heterocycles. The van der Waals surface area contributed by atoms with Crippen LogP contribution in [0.15, 0.2) is 41.8 Å². The minimum Gasteiger partial charge on any atom is -0.143 e. The molecule has 102 valence electrons. The monoisotopic (exact) mass is 290 g/mol. The van der Waals surface area contributed by atoms with Gasteiger partial charge in [0.1, 0.15) is 0 Å². The summed E-state index contributed by atoms with van der Waals surface area (Å²) < 4.78 is 0. The molecule has 0 aliphatic rings. The van der Waals surface area contributed by atoms with Crippen molar-refractivity contribution in [2.45, 2.75) is 45.4 Å². The summed E-state index contributed by atoms with van der Waals surface area (Å²) in [4.78, 5) is 4.32. The molecule has 0 amide bonds. The van der Waals surface area contributed by atoms with E-state index in [1.807, 2.05) is 22.7 Å². The predicted molar refractivity (Wildman–Crippen MR) is 89.3 cm³/mol. The Morgan fingerprint density at radius 2 is 2.05 bits per heavy atom. The summed E-state index contributed by atoms with van der Waals surface area (Å²) >= 11 is 3.79. The molecule has 0 N–H and O–H groups in total. The zero-order valence-corrected chi connectivity index (χ0v) is 13.6. The fourth-order valence-corrected chi connectivity index (χ4v) is 4.49. The first kappa shape index (κ1) is 14.5. The molecule has 2 heteroatoms. The van der Waals surface area contributed by atoms with E-state index >= 15 is 0 Å². The fraction of sp³-hybridized carbons (Fsp3) is 0.412. The van der Waals surface area contributed by atoms with Gasteiger partial charge in [-0.25, -0.2) is 0 Å². The van der Waals surface area contributed by atoms with Gasteiger partial charge in [0, 0.05) is 20.0 Å². The van der Waals surface area contributed by atoms with Gasteiger partial charge in [0.05, 0.1) is 0 Å². The first-order chi connectivity index (χ1) is 9.19. The number of rotatable bonds is 6. The van der Waals surface area contributed by atoms with Crippen LogP contribution in [0.4, 0.5) is 0 Å². The zero-order chi connectivity index (χ0) is 13.7. The molecule has 0 spiro atoms. The number of thiophene rings is 2. The molecule has 0 radical (unpaired) electrons. The number of hydrogen-bond acceptors (Lipinski definition) is 2. The molecule has 0 bridgehead atoms. The average molecular weight is 290 g/mol. The molecule has 2 aromatic heterocycles. The molecule has 2 rings (SSSR count). The lowest BCUT2D eigenvalue weighted by Crippen LogP contribution is -2.19. The Balaban J connectivity index is 2.27. The van der Waals surface area contributed by atoms with Gasteiger partial charge in [-0.2, -0.15) is 0 Å². The van der Waals surface area contributed by atoms with Crippen LogP contribution in [-0.4, -0.2) is 0 Å². The quantitative estimate of drug-likeness (QED) is 0.533. The fourth-order valence-electron chi connectivity index (χ4n) is 2.47. The Kier molecular flexibility index (Phi) is 5.00. The Morgan fingerprint density at radius 3 is 2.68 bits per heavy atom. The molecule has 2 heterocycles. The molecule has 1 unspecified atom stereocenters. The second kappa shape index (κ2) is 6.53. The van der Waals surface area contributed by atoms with Gasteiger partial charge in [-0.3, -0.25) is 0 Å². The van der Waals surface area contributed by atoms with Crippen LogP contribution in [0, 0.1) is 0 Å². The summed E-state index contributed by atoms with van der Waals surface area (Å²) in [5, 5.41) is 2.15. The van der Waals surface area contributed by atoms with Gasteiger partial charge < -0.3 is 0 Å². The van der Waals surface area contributed by atoms with Gasteiger partial charge in [0.15, 0.2) is 0 Å². The highest BCUT2D eigenvalue weighted by molar-refractivity contribution is 7.21. The van der Waals surface area contributed by atoms with Crippen LogP contribution in [0.5, 0.6) is 0 Å². The number of allylic oxidation sites excluding steroid dienone is 2. The normalized spacial score (nSPS) is 14.9. The van der Waals surface area contributed by atoms with Crippen LogP contribution in [0.1, 0.15) is 44.9 Å². The third kappa shape index (κ3) is 3.37. The van der Waals surface area contributed by atoms with E-state index in [1.165, 1.54) is 27.5 Å². The molecule has 0 aromatic carbocycles. The van der Waals surface area contributed by atoms with Crippen molar-refractivity contribution in [3.8, 4) is 9.75 Å². The maximum Gasteiger partial charge on any atom is 0.0445 e. The molecule has 2 aromatic rings. The van der Waals surface area contributed by atoms with Crippen molar-refractivity contribution in [2.24, 2.45) is 0 Å². The first-order valence-corrected chi connectivity index (χ1v) is 8.64. The van der Waals surface area contributed by atoms with E-state index in [0.717, 1.165) is 6.42 Å². The SMILES string of the molecule is C/C=C\CC(C)(CCC)c1ccc(-c2cccs2)s1.